The zero-order valence-corrected chi connectivity index (χ0v) is 21.3. The SMILES string of the molecule is CCCCCCCC(=O)NCCN(C(=O)Nc1cccc(C)c1)c1ccc(Oc2ccccc2)cc1. The molecule has 0 unspecified atom stereocenters. The molecule has 0 heterocycles. The number of ether oxygens (including phenoxy) is 1. The summed E-state index contributed by atoms with van der Waals surface area (Å²) in [6, 6.07) is 24.3. The second-order valence-corrected chi connectivity index (χ2v) is 8.87. The summed E-state index contributed by atoms with van der Waals surface area (Å²) in [6.45, 7) is 4.88. The van der Waals surface area contributed by atoms with Gasteiger partial charge in [0.05, 0.1) is 0 Å². The molecule has 3 rings (SSSR count). The van der Waals surface area contributed by atoms with Crippen LogP contribution in [0.4, 0.5) is 16.2 Å². The molecule has 3 amide bonds. The molecular formula is C30H37N3O3. The third-order valence-corrected chi connectivity index (χ3v) is 5.81. The first kappa shape index (κ1) is 26.8. The Kier molecular flexibility index (Phi) is 10.8. The van der Waals surface area contributed by atoms with Crippen molar-refractivity contribution in [3.8, 4) is 11.5 Å². The fourth-order valence-electron chi connectivity index (χ4n) is 3.87. The normalized spacial score (nSPS) is 10.5. The van der Waals surface area contributed by atoms with Gasteiger partial charge in [0.25, 0.3) is 0 Å². The summed E-state index contributed by atoms with van der Waals surface area (Å²) < 4.78 is 5.88. The first-order valence-corrected chi connectivity index (χ1v) is 12.8. The van der Waals surface area contributed by atoms with Crippen LogP contribution < -0.4 is 20.3 Å². The molecule has 2 N–H and O–H groups in total. The summed E-state index contributed by atoms with van der Waals surface area (Å²) in [5.41, 5.74) is 2.51. The van der Waals surface area contributed by atoms with Crippen LogP contribution in [0.5, 0.6) is 11.5 Å². The third kappa shape index (κ3) is 9.10. The number of rotatable bonds is 13. The maximum absolute atomic E-state index is 13.2. The van der Waals surface area contributed by atoms with Gasteiger partial charge in [0.1, 0.15) is 11.5 Å². The van der Waals surface area contributed by atoms with E-state index in [1.807, 2.05) is 85.8 Å². The topological polar surface area (TPSA) is 70.7 Å². The van der Waals surface area contributed by atoms with E-state index in [0.29, 0.717) is 25.3 Å². The standard InChI is InChI=1S/C30H37N3O3/c1-3-4-5-6-10-16-29(34)31-21-22-33(30(35)32-25-13-11-12-24(2)23-25)26-17-19-28(20-18-26)36-27-14-8-7-9-15-27/h7-9,11-15,17-20,23H,3-6,10,16,21-22H2,1-2H3,(H,31,34)(H,32,35). The Morgan fingerprint density at radius 3 is 2.28 bits per heavy atom. The van der Waals surface area contributed by atoms with E-state index in [9.17, 15) is 9.59 Å². The molecule has 0 aliphatic carbocycles. The molecule has 0 aliphatic heterocycles. The largest absolute Gasteiger partial charge is 0.457 e. The predicted molar refractivity (Wildman–Crippen MR) is 147 cm³/mol. The van der Waals surface area contributed by atoms with Gasteiger partial charge in [-0.3, -0.25) is 9.69 Å². The van der Waals surface area contributed by atoms with Crippen molar-refractivity contribution in [2.45, 2.75) is 52.4 Å². The number of aryl methyl sites for hydroxylation is 1. The summed E-state index contributed by atoms with van der Waals surface area (Å²) in [4.78, 5) is 27.1. The van der Waals surface area contributed by atoms with Crippen LogP contribution in [0.25, 0.3) is 0 Å². The summed E-state index contributed by atoms with van der Waals surface area (Å²) >= 11 is 0. The van der Waals surface area contributed by atoms with Crippen molar-refractivity contribution >= 4 is 23.3 Å². The van der Waals surface area contributed by atoms with Gasteiger partial charge in [0, 0.05) is 30.9 Å². The number of benzene rings is 3. The fraction of sp³-hybridized carbons (Fsp3) is 0.333. The lowest BCUT2D eigenvalue weighted by atomic mass is 10.1. The number of unbranched alkanes of at least 4 members (excludes halogenated alkanes) is 4. The van der Waals surface area contributed by atoms with Gasteiger partial charge in [-0.1, -0.05) is 62.9 Å². The number of hydrogen-bond donors (Lipinski definition) is 2. The smallest absolute Gasteiger partial charge is 0.326 e. The van der Waals surface area contributed by atoms with Gasteiger partial charge in [-0.2, -0.15) is 0 Å². The molecule has 0 aromatic heterocycles. The molecule has 190 valence electrons. The molecule has 36 heavy (non-hydrogen) atoms. The van der Waals surface area contributed by atoms with Gasteiger partial charge < -0.3 is 15.4 Å². The van der Waals surface area contributed by atoms with Crippen molar-refractivity contribution in [1.82, 2.24) is 5.32 Å². The number of carbonyl (C=O) groups is 2. The minimum atomic E-state index is -0.258. The maximum atomic E-state index is 13.2. The summed E-state index contributed by atoms with van der Waals surface area (Å²) in [5.74, 6) is 1.45. The Balaban J connectivity index is 1.62. The number of urea groups is 1. The number of amides is 3. The average molecular weight is 488 g/mol. The Bertz CT molecular complexity index is 1080. The molecular weight excluding hydrogens is 450 g/mol. The molecule has 0 atom stereocenters. The number of nitrogens with zero attached hydrogens (tertiary/aromatic N) is 1. The third-order valence-electron chi connectivity index (χ3n) is 5.81. The molecule has 3 aromatic rings. The zero-order valence-electron chi connectivity index (χ0n) is 21.3. The first-order chi connectivity index (χ1) is 17.5. The van der Waals surface area contributed by atoms with Crippen LogP contribution in [0.15, 0.2) is 78.9 Å². The van der Waals surface area contributed by atoms with Crippen LogP contribution >= 0.6 is 0 Å². The predicted octanol–water partition coefficient (Wildman–Crippen LogP) is 7.30. The molecule has 3 aromatic carbocycles. The van der Waals surface area contributed by atoms with E-state index >= 15 is 0 Å². The second kappa shape index (κ2) is 14.6. The molecule has 0 aliphatic rings. The van der Waals surface area contributed by atoms with Crippen molar-refractivity contribution in [3.05, 3.63) is 84.4 Å². The van der Waals surface area contributed by atoms with Gasteiger partial charge in [-0.25, -0.2) is 4.79 Å². The number of nitrogens with one attached hydrogen (secondary N) is 2. The lowest BCUT2D eigenvalue weighted by Gasteiger charge is -2.24. The minimum absolute atomic E-state index is 0.0251. The van der Waals surface area contributed by atoms with Crippen LogP contribution in [-0.2, 0) is 4.79 Å². The van der Waals surface area contributed by atoms with Crippen LogP contribution in [-0.4, -0.2) is 25.0 Å². The van der Waals surface area contributed by atoms with E-state index in [2.05, 4.69) is 17.6 Å². The van der Waals surface area contributed by atoms with Gasteiger partial charge >= 0.3 is 6.03 Å². The first-order valence-electron chi connectivity index (χ1n) is 12.8. The maximum Gasteiger partial charge on any atom is 0.326 e. The van der Waals surface area contributed by atoms with Crippen molar-refractivity contribution in [2.24, 2.45) is 0 Å². The zero-order chi connectivity index (χ0) is 25.6. The highest BCUT2D eigenvalue weighted by Gasteiger charge is 2.17. The van der Waals surface area contributed by atoms with Crippen molar-refractivity contribution in [2.75, 3.05) is 23.3 Å². The fourth-order valence-corrected chi connectivity index (χ4v) is 3.87. The number of hydrogen-bond acceptors (Lipinski definition) is 3. The van der Waals surface area contributed by atoms with Crippen molar-refractivity contribution < 1.29 is 14.3 Å². The monoisotopic (exact) mass is 487 g/mol. The van der Waals surface area contributed by atoms with Crippen LogP contribution in [0.2, 0.25) is 0 Å². The van der Waals surface area contributed by atoms with E-state index in [1.54, 1.807) is 4.90 Å². The Labute approximate surface area is 214 Å². The summed E-state index contributed by atoms with van der Waals surface area (Å²) in [6.07, 6.45) is 6.05. The van der Waals surface area contributed by atoms with Gasteiger partial charge in [0.2, 0.25) is 5.91 Å². The van der Waals surface area contributed by atoms with Gasteiger partial charge in [0.15, 0.2) is 0 Å². The van der Waals surface area contributed by atoms with E-state index in [4.69, 9.17) is 4.74 Å². The van der Waals surface area contributed by atoms with Gasteiger partial charge in [-0.05, 0) is 67.4 Å². The van der Waals surface area contributed by atoms with Crippen molar-refractivity contribution in [1.29, 1.82) is 0 Å². The van der Waals surface area contributed by atoms with E-state index < -0.39 is 0 Å². The van der Waals surface area contributed by atoms with Crippen LogP contribution in [0.1, 0.15) is 51.0 Å². The Morgan fingerprint density at radius 2 is 1.56 bits per heavy atom. The number of anilines is 2. The van der Waals surface area contributed by atoms with E-state index in [0.717, 1.165) is 35.5 Å². The molecule has 0 saturated heterocycles. The molecule has 0 saturated carbocycles. The molecule has 0 bridgehead atoms. The molecule has 0 fully saturated rings. The Morgan fingerprint density at radius 1 is 0.833 bits per heavy atom. The van der Waals surface area contributed by atoms with E-state index in [1.165, 1.54) is 19.3 Å². The number of carbonyl (C=O) groups excluding carboxylic acids is 2. The quantitative estimate of drug-likeness (QED) is 0.248. The van der Waals surface area contributed by atoms with Gasteiger partial charge in [-0.15, -0.1) is 0 Å². The lowest BCUT2D eigenvalue weighted by Crippen LogP contribution is -2.41. The average Bonchev–Trinajstić information content (AvgIpc) is 2.88. The van der Waals surface area contributed by atoms with E-state index in [-0.39, 0.29) is 11.9 Å². The summed E-state index contributed by atoms with van der Waals surface area (Å²) in [7, 11) is 0. The number of para-hydroxylation sites is 1. The van der Waals surface area contributed by atoms with Crippen LogP contribution in [0.3, 0.4) is 0 Å². The minimum Gasteiger partial charge on any atom is -0.457 e. The second-order valence-electron chi connectivity index (χ2n) is 8.87. The molecule has 6 heteroatoms. The highest BCUT2D eigenvalue weighted by Crippen LogP contribution is 2.25. The Hall–Kier alpha value is -3.80. The lowest BCUT2D eigenvalue weighted by molar-refractivity contribution is -0.121. The summed E-state index contributed by atoms with van der Waals surface area (Å²) in [5, 5.41) is 5.93. The molecule has 0 spiro atoms. The van der Waals surface area contributed by atoms with Crippen molar-refractivity contribution in [3.63, 3.8) is 0 Å². The molecule has 6 nitrogen and oxygen atoms in total. The highest BCUT2D eigenvalue weighted by molar-refractivity contribution is 6.01. The van der Waals surface area contributed by atoms with Crippen LogP contribution in [0, 0.1) is 6.92 Å². The highest BCUT2D eigenvalue weighted by atomic mass is 16.5. The molecule has 0 radical (unpaired) electrons.